The number of hydrogen-bond acceptors (Lipinski definition) is 2. The fourth-order valence-corrected chi connectivity index (χ4v) is 2.47. The molecular weight excluding hydrogens is 252 g/mol. The normalized spacial score (nSPS) is 18.5. The summed E-state index contributed by atoms with van der Waals surface area (Å²) in [5.74, 6) is -4.86. The highest BCUT2D eigenvalue weighted by Crippen LogP contribution is 2.41. The quantitative estimate of drug-likeness (QED) is 0.917. The summed E-state index contributed by atoms with van der Waals surface area (Å²) in [5.41, 5.74) is -0.285. The Hall–Kier alpha value is -1.49. The van der Waals surface area contributed by atoms with Gasteiger partial charge in [0.05, 0.1) is 5.56 Å². The van der Waals surface area contributed by atoms with Gasteiger partial charge in [0, 0.05) is 11.5 Å². The van der Waals surface area contributed by atoms with E-state index in [1.807, 2.05) is 11.9 Å². The molecule has 0 bridgehead atoms. The van der Waals surface area contributed by atoms with Gasteiger partial charge in [-0.3, -0.25) is 0 Å². The first-order valence-corrected chi connectivity index (χ1v) is 6.31. The van der Waals surface area contributed by atoms with Crippen LogP contribution in [0.5, 0.6) is 0 Å². The number of alkyl halides is 2. The van der Waals surface area contributed by atoms with E-state index in [-0.39, 0.29) is 11.1 Å². The Balaban J connectivity index is 2.23. The zero-order chi connectivity index (χ0) is 14.0. The van der Waals surface area contributed by atoms with Crippen molar-refractivity contribution in [3.63, 3.8) is 0 Å². The van der Waals surface area contributed by atoms with Crippen molar-refractivity contribution in [1.82, 2.24) is 4.90 Å². The first-order valence-electron chi connectivity index (χ1n) is 6.31. The molecule has 1 aromatic carbocycles. The topological polar surface area (TPSA) is 40.5 Å². The van der Waals surface area contributed by atoms with Gasteiger partial charge in [0.25, 0.3) is 5.92 Å². The lowest BCUT2D eigenvalue weighted by atomic mass is 9.86. The third kappa shape index (κ3) is 2.92. The highest BCUT2D eigenvalue weighted by Gasteiger charge is 2.42. The minimum absolute atomic E-state index is 0.0925. The number of carboxylic acid groups (broad SMARTS) is 1. The summed E-state index contributed by atoms with van der Waals surface area (Å²) in [6.07, 6.45) is 0.863. The van der Waals surface area contributed by atoms with Gasteiger partial charge < -0.3 is 10.0 Å². The monoisotopic (exact) mass is 269 g/mol. The molecule has 1 aliphatic heterocycles. The van der Waals surface area contributed by atoms with Gasteiger partial charge in [-0.15, -0.1) is 0 Å². The Morgan fingerprint density at radius 3 is 2.58 bits per heavy atom. The number of likely N-dealkylation sites (tertiary alicyclic amines) is 1. The second-order valence-corrected chi connectivity index (χ2v) is 5.09. The molecule has 0 unspecified atom stereocenters. The molecule has 0 saturated carbocycles. The summed E-state index contributed by atoms with van der Waals surface area (Å²) >= 11 is 0. The number of carbonyl (C=O) groups is 1. The van der Waals surface area contributed by atoms with Crippen molar-refractivity contribution in [3.05, 3.63) is 35.4 Å². The summed E-state index contributed by atoms with van der Waals surface area (Å²) in [4.78, 5) is 12.9. The molecule has 2 rings (SSSR count). The van der Waals surface area contributed by atoms with Crippen LogP contribution >= 0.6 is 0 Å². The van der Waals surface area contributed by atoms with Crippen LogP contribution in [0.4, 0.5) is 8.78 Å². The van der Waals surface area contributed by atoms with Crippen molar-refractivity contribution in [2.45, 2.75) is 18.8 Å². The van der Waals surface area contributed by atoms with Crippen LogP contribution in [-0.4, -0.2) is 36.1 Å². The van der Waals surface area contributed by atoms with E-state index in [1.54, 1.807) is 0 Å². The molecule has 1 heterocycles. The van der Waals surface area contributed by atoms with Crippen LogP contribution in [0.2, 0.25) is 0 Å². The van der Waals surface area contributed by atoms with Gasteiger partial charge in [0.2, 0.25) is 0 Å². The lowest BCUT2D eigenvalue weighted by Gasteiger charge is -2.34. The second kappa shape index (κ2) is 5.25. The van der Waals surface area contributed by atoms with Crippen LogP contribution in [0, 0.1) is 5.92 Å². The van der Waals surface area contributed by atoms with Gasteiger partial charge >= 0.3 is 5.97 Å². The predicted octanol–water partition coefficient (Wildman–Crippen LogP) is 2.82. The van der Waals surface area contributed by atoms with Crippen LogP contribution in [-0.2, 0) is 5.92 Å². The summed E-state index contributed by atoms with van der Waals surface area (Å²) in [7, 11) is 1.92. The number of carboxylic acids is 1. The Bertz CT molecular complexity index is 468. The molecule has 0 radical (unpaired) electrons. The molecule has 0 spiro atoms. The molecule has 1 aliphatic rings. The molecule has 1 fully saturated rings. The summed E-state index contributed by atoms with van der Waals surface area (Å²) in [6, 6.07) is 5.10. The Labute approximate surface area is 110 Å². The number of rotatable bonds is 3. The van der Waals surface area contributed by atoms with E-state index in [9.17, 15) is 13.6 Å². The molecule has 104 valence electrons. The number of piperidine rings is 1. The maximum absolute atomic E-state index is 14.4. The van der Waals surface area contributed by atoms with Crippen molar-refractivity contribution < 1.29 is 18.7 Å². The number of hydrogen-bond donors (Lipinski definition) is 1. The van der Waals surface area contributed by atoms with Crippen molar-refractivity contribution >= 4 is 5.97 Å². The highest BCUT2D eigenvalue weighted by molar-refractivity contribution is 5.87. The fourth-order valence-electron chi connectivity index (χ4n) is 2.47. The van der Waals surface area contributed by atoms with E-state index in [4.69, 9.17) is 5.11 Å². The lowest BCUT2D eigenvalue weighted by molar-refractivity contribution is -0.0837. The van der Waals surface area contributed by atoms with E-state index in [1.165, 1.54) is 18.2 Å². The van der Waals surface area contributed by atoms with Gasteiger partial charge in [-0.25, -0.2) is 13.6 Å². The van der Waals surface area contributed by atoms with Crippen LogP contribution < -0.4 is 0 Å². The first-order chi connectivity index (χ1) is 8.91. The number of nitrogens with zero attached hydrogens (tertiary/aromatic N) is 1. The number of aromatic carboxylic acids is 1. The molecule has 1 saturated heterocycles. The van der Waals surface area contributed by atoms with Crippen LogP contribution in [0.25, 0.3) is 0 Å². The molecule has 0 atom stereocenters. The number of benzene rings is 1. The van der Waals surface area contributed by atoms with Gasteiger partial charge in [-0.1, -0.05) is 12.1 Å². The molecule has 0 amide bonds. The van der Waals surface area contributed by atoms with Gasteiger partial charge in [-0.2, -0.15) is 0 Å². The Kier molecular flexibility index (Phi) is 3.85. The number of halogens is 2. The van der Waals surface area contributed by atoms with E-state index >= 15 is 0 Å². The van der Waals surface area contributed by atoms with Crippen LogP contribution in [0.3, 0.4) is 0 Å². The zero-order valence-electron chi connectivity index (χ0n) is 10.8. The maximum Gasteiger partial charge on any atom is 0.335 e. The van der Waals surface area contributed by atoms with Crippen LogP contribution in [0.15, 0.2) is 24.3 Å². The maximum atomic E-state index is 14.4. The van der Waals surface area contributed by atoms with E-state index < -0.39 is 17.8 Å². The van der Waals surface area contributed by atoms with Crippen molar-refractivity contribution in [3.8, 4) is 0 Å². The molecule has 3 nitrogen and oxygen atoms in total. The smallest absolute Gasteiger partial charge is 0.335 e. The summed E-state index contributed by atoms with van der Waals surface area (Å²) in [6.45, 7) is 1.30. The molecule has 1 aromatic rings. The van der Waals surface area contributed by atoms with Crippen LogP contribution in [0.1, 0.15) is 28.8 Å². The molecular formula is C14H17F2NO2. The molecule has 5 heteroatoms. The Morgan fingerprint density at radius 1 is 1.37 bits per heavy atom. The lowest BCUT2D eigenvalue weighted by Crippen LogP contribution is -2.37. The Morgan fingerprint density at radius 2 is 2.00 bits per heavy atom. The standard InChI is InChI=1S/C14H17F2NO2/c1-17-7-5-11(6-8-17)14(15,16)12-4-2-3-10(9-12)13(18)19/h2-4,9,11H,5-8H2,1H3,(H,18,19). The van der Waals surface area contributed by atoms with Crippen molar-refractivity contribution in [1.29, 1.82) is 0 Å². The van der Waals surface area contributed by atoms with E-state index in [2.05, 4.69) is 0 Å². The zero-order valence-corrected chi connectivity index (χ0v) is 10.8. The second-order valence-electron chi connectivity index (χ2n) is 5.09. The van der Waals surface area contributed by atoms with E-state index in [0.29, 0.717) is 25.9 Å². The minimum atomic E-state index is -2.97. The average molecular weight is 269 g/mol. The fraction of sp³-hybridized carbons (Fsp3) is 0.500. The highest BCUT2D eigenvalue weighted by atomic mass is 19.3. The molecule has 0 aromatic heterocycles. The van der Waals surface area contributed by atoms with Crippen molar-refractivity contribution in [2.24, 2.45) is 5.92 Å². The van der Waals surface area contributed by atoms with Crippen molar-refractivity contribution in [2.75, 3.05) is 20.1 Å². The first kappa shape index (κ1) is 13.9. The van der Waals surface area contributed by atoms with Gasteiger partial charge in [0.1, 0.15) is 0 Å². The third-order valence-electron chi connectivity index (χ3n) is 3.73. The average Bonchev–Trinajstić information content (AvgIpc) is 2.39. The molecule has 1 N–H and O–H groups in total. The van der Waals surface area contributed by atoms with E-state index in [0.717, 1.165) is 6.07 Å². The third-order valence-corrected chi connectivity index (χ3v) is 3.73. The molecule has 19 heavy (non-hydrogen) atoms. The summed E-state index contributed by atoms with van der Waals surface area (Å²) < 4.78 is 28.8. The molecule has 0 aliphatic carbocycles. The summed E-state index contributed by atoms with van der Waals surface area (Å²) in [5, 5.41) is 8.87. The van der Waals surface area contributed by atoms with Gasteiger partial charge in [-0.05, 0) is 45.1 Å². The SMILES string of the molecule is CN1CCC(C(F)(F)c2cccc(C(=O)O)c2)CC1. The largest absolute Gasteiger partial charge is 0.478 e. The minimum Gasteiger partial charge on any atom is -0.478 e. The van der Waals surface area contributed by atoms with Gasteiger partial charge in [0.15, 0.2) is 0 Å². The predicted molar refractivity (Wildman–Crippen MR) is 67.5 cm³/mol.